The van der Waals surface area contributed by atoms with Gasteiger partial charge in [0.2, 0.25) is 15.9 Å². The lowest BCUT2D eigenvalue weighted by molar-refractivity contribution is -0.115. The number of benzene rings is 2. The van der Waals surface area contributed by atoms with Crippen LogP contribution >= 0.6 is 0 Å². The lowest BCUT2D eigenvalue weighted by Crippen LogP contribution is -2.32. The molecule has 1 unspecified atom stereocenters. The van der Waals surface area contributed by atoms with Crippen molar-refractivity contribution >= 4 is 21.6 Å². The van der Waals surface area contributed by atoms with E-state index < -0.39 is 16.1 Å². The Morgan fingerprint density at radius 2 is 1.56 bits per heavy atom. The highest BCUT2D eigenvalue weighted by Gasteiger charge is 2.16. The van der Waals surface area contributed by atoms with Crippen LogP contribution in [0.2, 0.25) is 0 Å². The van der Waals surface area contributed by atoms with Crippen molar-refractivity contribution in [2.45, 2.75) is 44.0 Å². The minimum atomic E-state index is -3.68. The van der Waals surface area contributed by atoms with E-state index >= 15 is 0 Å². The monoisotopic (exact) mass is 389 g/mol. The third-order valence-corrected chi connectivity index (χ3v) is 5.73. The molecular formula is C20H27N3O3S. The Kier molecular flexibility index (Phi) is 7.12. The number of carbonyl (C=O) groups is 1. The molecule has 7 heteroatoms. The molecule has 2 aromatic rings. The van der Waals surface area contributed by atoms with E-state index in [1.54, 1.807) is 19.1 Å². The highest BCUT2D eigenvalue weighted by Crippen LogP contribution is 2.18. The Balaban J connectivity index is 2.00. The van der Waals surface area contributed by atoms with Crippen molar-refractivity contribution in [1.29, 1.82) is 0 Å². The smallest absolute Gasteiger partial charge is 0.240 e. The number of hydrogen-bond acceptors (Lipinski definition) is 4. The molecule has 0 aliphatic carbocycles. The number of anilines is 1. The van der Waals surface area contributed by atoms with Gasteiger partial charge in [0.15, 0.2) is 0 Å². The quantitative estimate of drug-likeness (QED) is 0.645. The van der Waals surface area contributed by atoms with Gasteiger partial charge in [0.05, 0.1) is 4.90 Å². The number of nitrogens with two attached hydrogens (primary N) is 1. The molecule has 4 N–H and O–H groups in total. The predicted molar refractivity (Wildman–Crippen MR) is 108 cm³/mol. The Labute approximate surface area is 161 Å². The van der Waals surface area contributed by atoms with Crippen molar-refractivity contribution < 1.29 is 13.2 Å². The normalized spacial score (nSPS) is 12.8. The topological polar surface area (TPSA) is 101 Å². The summed E-state index contributed by atoms with van der Waals surface area (Å²) in [6.45, 7) is 6.07. The van der Waals surface area contributed by atoms with Gasteiger partial charge in [0, 0.05) is 24.7 Å². The minimum absolute atomic E-state index is 0.0949. The van der Waals surface area contributed by atoms with Crippen LogP contribution in [0.5, 0.6) is 0 Å². The first-order chi connectivity index (χ1) is 12.7. The molecule has 0 fully saturated rings. The maximum Gasteiger partial charge on any atom is 0.240 e. The SMILES string of the molecule is CCC(=O)Nc1ccc(S(=O)(=O)NCC(N)c2ccc(C(C)C)cc2)cc1. The zero-order chi connectivity index (χ0) is 20.0. The van der Waals surface area contributed by atoms with Crippen LogP contribution in [0.4, 0.5) is 5.69 Å². The van der Waals surface area contributed by atoms with Crippen LogP contribution in [0, 0.1) is 0 Å². The molecule has 6 nitrogen and oxygen atoms in total. The number of nitrogens with one attached hydrogen (secondary N) is 2. The van der Waals surface area contributed by atoms with E-state index in [1.807, 2.05) is 24.3 Å². The molecule has 1 atom stereocenters. The van der Waals surface area contributed by atoms with Crippen molar-refractivity contribution in [2.75, 3.05) is 11.9 Å². The lowest BCUT2D eigenvalue weighted by atomic mass is 9.99. The van der Waals surface area contributed by atoms with E-state index in [2.05, 4.69) is 23.9 Å². The molecular weight excluding hydrogens is 362 g/mol. The van der Waals surface area contributed by atoms with Crippen molar-refractivity contribution in [3.63, 3.8) is 0 Å². The van der Waals surface area contributed by atoms with E-state index in [-0.39, 0.29) is 17.3 Å². The Morgan fingerprint density at radius 3 is 2.07 bits per heavy atom. The van der Waals surface area contributed by atoms with E-state index in [1.165, 1.54) is 17.7 Å². The maximum atomic E-state index is 12.4. The first-order valence-electron chi connectivity index (χ1n) is 8.98. The maximum absolute atomic E-state index is 12.4. The first-order valence-corrected chi connectivity index (χ1v) is 10.5. The molecule has 2 rings (SSSR count). The average molecular weight is 390 g/mol. The molecule has 0 heterocycles. The summed E-state index contributed by atoms with van der Waals surface area (Å²) in [6.07, 6.45) is 0.359. The van der Waals surface area contributed by atoms with Crippen LogP contribution < -0.4 is 15.8 Å². The van der Waals surface area contributed by atoms with E-state index in [4.69, 9.17) is 5.73 Å². The fourth-order valence-electron chi connectivity index (χ4n) is 2.50. The minimum Gasteiger partial charge on any atom is -0.326 e. The van der Waals surface area contributed by atoms with Gasteiger partial charge in [-0.3, -0.25) is 4.79 Å². The highest BCUT2D eigenvalue weighted by molar-refractivity contribution is 7.89. The summed E-state index contributed by atoms with van der Waals surface area (Å²) in [5.41, 5.74) is 8.77. The zero-order valence-corrected chi connectivity index (χ0v) is 16.7. The summed E-state index contributed by atoms with van der Waals surface area (Å²) in [5, 5.41) is 2.68. The van der Waals surface area contributed by atoms with Gasteiger partial charge >= 0.3 is 0 Å². The average Bonchev–Trinajstić information content (AvgIpc) is 2.66. The molecule has 0 saturated heterocycles. The van der Waals surface area contributed by atoms with Gasteiger partial charge in [-0.25, -0.2) is 13.1 Å². The second-order valence-electron chi connectivity index (χ2n) is 6.71. The number of sulfonamides is 1. The van der Waals surface area contributed by atoms with Crippen LogP contribution in [0.1, 0.15) is 50.3 Å². The second kappa shape index (κ2) is 9.12. The fraction of sp³-hybridized carbons (Fsp3) is 0.350. The van der Waals surface area contributed by atoms with Crippen molar-refractivity contribution in [3.05, 3.63) is 59.7 Å². The summed E-state index contributed by atoms with van der Waals surface area (Å²) >= 11 is 0. The van der Waals surface area contributed by atoms with Crippen LogP contribution in [0.3, 0.4) is 0 Å². The molecule has 0 aliphatic rings. The van der Waals surface area contributed by atoms with Crippen LogP contribution in [-0.4, -0.2) is 20.9 Å². The molecule has 27 heavy (non-hydrogen) atoms. The predicted octanol–water partition coefficient (Wildman–Crippen LogP) is 3.14. The van der Waals surface area contributed by atoms with Gasteiger partial charge < -0.3 is 11.1 Å². The molecule has 1 amide bonds. The fourth-order valence-corrected chi connectivity index (χ4v) is 3.56. The van der Waals surface area contributed by atoms with Gasteiger partial charge in [-0.2, -0.15) is 0 Å². The first kappa shape index (κ1) is 21.1. The molecule has 146 valence electrons. The van der Waals surface area contributed by atoms with Gasteiger partial charge in [0.1, 0.15) is 0 Å². The van der Waals surface area contributed by atoms with Gasteiger partial charge in [-0.15, -0.1) is 0 Å². The van der Waals surface area contributed by atoms with Gasteiger partial charge in [0.25, 0.3) is 0 Å². The van der Waals surface area contributed by atoms with E-state index in [0.717, 1.165) is 5.56 Å². The lowest BCUT2D eigenvalue weighted by Gasteiger charge is -2.15. The number of hydrogen-bond donors (Lipinski definition) is 3. The van der Waals surface area contributed by atoms with E-state index in [9.17, 15) is 13.2 Å². The molecule has 0 aliphatic heterocycles. The van der Waals surface area contributed by atoms with Crippen LogP contribution in [-0.2, 0) is 14.8 Å². The van der Waals surface area contributed by atoms with Gasteiger partial charge in [-0.05, 0) is 41.3 Å². The second-order valence-corrected chi connectivity index (χ2v) is 8.47. The third kappa shape index (κ3) is 5.89. The highest BCUT2D eigenvalue weighted by atomic mass is 32.2. The molecule has 0 aromatic heterocycles. The number of amides is 1. The number of rotatable bonds is 8. The molecule has 0 radical (unpaired) electrons. The van der Waals surface area contributed by atoms with E-state index in [0.29, 0.717) is 18.0 Å². The zero-order valence-electron chi connectivity index (χ0n) is 15.9. The summed E-state index contributed by atoms with van der Waals surface area (Å²) < 4.78 is 27.4. The summed E-state index contributed by atoms with van der Waals surface area (Å²) in [7, 11) is -3.68. The molecule has 0 spiro atoms. The third-order valence-electron chi connectivity index (χ3n) is 4.29. The molecule has 0 saturated carbocycles. The van der Waals surface area contributed by atoms with Crippen molar-refractivity contribution in [2.24, 2.45) is 5.73 Å². The van der Waals surface area contributed by atoms with Crippen LogP contribution in [0.15, 0.2) is 53.4 Å². The summed E-state index contributed by atoms with van der Waals surface area (Å²) in [5.74, 6) is 0.303. The Morgan fingerprint density at radius 1 is 1.00 bits per heavy atom. The van der Waals surface area contributed by atoms with Crippen molar-refractivity contribution in [3.8, 4) is 0 Å². The Hall–Kier alpha value is -2.22. The summed E-state index contributed by atoms with van der Waals surface area (Å²) in [4.78, 5) is 11.5. The van der Waals surface area contributed by atoms with Gasteiger partial charge in [-0.1, -0.05) is 45.0 Å². The number of carbonyl (C=O) groups excluding carboxylic acids is 1. The molecule has 2 aromatic carbocycles. The Bertz CT molecular complexity index is 860. The largest absolute Gasteiger partial charge is 0.326 e. The molecule has 0 bridgehead atoms. The standard InChI is InChI=1S/C20H27N3O3S/c1-4-20(24)23-17-9-11-18(12-10-17)27(25,26)22-13-19(21)16-7-5-15(6-8-16)14(2)3/h5-12,14,19,22H,4,13,21H2,1-3H3,(H,23,24). The summed E-state index contributed by atoms with van der Waals surface area (Å²) in [6, 6.07) is 13.5. The van der Waals surface area contributed by atoms with Crippen molar-refractivity contribution in [1.82, 2.24) is 4.72 Å². The van der Waals surface area contributed by atoms with Crippen LogP contribution in [0.25, 0.3) is 0 Å².